The van der Waals surface area contributed by atoms with Crippen molar-refractivity contribution in [3.63, 3.8) is 0 Å². The largest absolute Gasteiger partial charge is 0.326 e. The van der Waals surface area contributed by atoms with Crippen molar-refractivity contribution in [1.82, 2.24) is 0 Å². The molecule has 0 spiro atoms. The Bertz CT molecular complexity index is 615. The number of nitrogens with one attached hydrogen (secondary N) is 1. The average Bonchev–Trinajstić information content (AvgIpc) is 2.48. The zero-order valence-electron chi connectivity index (χ0n) is 12.1. The summed E-state index contributed by atoms with van der Waals surface area (Å²) in [7, 11) is 0. The first-order valence-electron chi connectivity index (χ1n) is 6.92. The molecule has 2 rings (SSSR count). The van der Waals surface area contributed by atoms with Gasteiger partial charge in [-0.25, -0.2) is 4.57 Å². The molecule has 1 aromatic carbocycles. The summed E-state index contributed by atoms with van der Waals surface area (Å²) in [5.41, 5.74) is 8.54. The van der Waals surface area contributed by atoms with E-state index in [1.54, 1.807) is 0 Å². The van der Waals surface area contributed by atoms with Crippen LogP contribution in [0.15, 0.2) is 48.8 Å². The van der Waals surface area contributed by atoms with Crippen LogP contribution in [0.3, 0.4) is 0 Å². The lowest BCUT2D eigenvalue weighted by atomic mass is 10.1. The third kappa shape index (κ3) is 4.85. The Labute approximate surface area is 124 Å². The highest BCUT2D eigenvalue weighted by Gasteiger charge is 1.97. The third-order valence-electron chi connectivity index (χ3n) is 3.00. The Kier molecular flexibility index (Phi) is 5.23. The second kappa shape index (κ2) is 7.36. The third-order valence-corrected chi connectivity index (χ3v) is 3.00. The van der Waals surface area contributed by atoms with Crippen LogP contribution in [0, 0.1) is 0 Å². The van der Waals surface area contributed by atoms with E-state index in [4.69, 9.17) is 5.73 Å². The molecule has 0 atom stereocenters. The van der Waals surface area contributed by atoms with E-state index in [2.05, 4.69) is 28.1 Å². The smallest absolute Gasteiger partial charge is 0.221 e. The number of aromatic nitrogens is 1. The van der Waals surface area contributed by atoms with Crippen LogP contribution in [-0.4, -0.2) is 12.5 Å². The van der Waals surface area contributed by atoms with Crippen molar-refractivity contribution >= 4 is 23.7 Å². The second-order valence-electron chi connectivity index (χ2n) is 4.79. The summed E-state index contributed by atoms with van der Waals surface area (Å²) in [6, 6.07) is 11.8. The molecule has 0 radical (unpaired) electrons. The molecule has 0 saturated heterocycles. The van der Waals surface area contributed by atoms with E-state index in [1.807, 2.05) is 42.7 Å². The van der Waals surface area contributed by atoms with Crippen LogP contribution in [0.25, 0.3) is 12.2 Å². The SMILES string of the molecule is CC(=O)Nc1ccc(/C=C/c2cc[n+](CCN)cc2)cc1. The first-order valence-corrected chi connectivity index (χ1v) is 6.92. The van der Waals surface area contributed by atoms with Gasteiger partial charge < -0.3 is 11.1 Å². The molecule has 0 saturated carbocycles. The molecular formula is C17H20N3O+. The molecule has 0 aliphatic heterocycles. The van der Waals surface area contributed by atoms with Crippen LogP contribution in [0.5, 0.6) is 0 Å². The molecule has 1 amide bonds. The number of anilines is 1. The zero-order valence-corrected chi connectivity index (χ0v) is 12.1. The van der Waals surface area contributed by atoms with Gasteiger partial charge in [0.05, 0.1) is 6.54 Å². The number of rotatable bonds is 5. The highest BCUT2D eigenvalue weighted by atomic mass is 16.1. The number of nitrogens with zero attached hydrogens (tertiary/aromatic N) is 1. The van der Waals surface area contributed by atoms with Crippen molar-refractivity contribution in [2.75, 3.05) is 11.9 Å². The molecule has 4 heteroatoms. The lowest BCUT2D eigenvalue weighted by Gasteiger charge is -2.01. The minimum absolute atomic E-state index is 0.0617. The van der Waals surface area contributed by atoms with Gasteiger partial charge in [-0.2, -0.15) is 0 Å². The number of carbonyl (C=O) groups excluding carboxylic acids is 1. The van der Waals surface area contributed by atoms with E-state index in [-0.39, 0.29) is 5.91 Å². The Balaban J connectivity index is 2.01. The summed E-state index contributed by atoms with van der Waals surface area (Å²) in [5.74, 6) is -0.0617. The summed E-state index contributed by atoms with van der Waals surface area (Å²) < 4.78 is 2.06. The normalized spacial score (nSPS) is 10.8. The molecule has 1 heterocycles. The highest BCUT2D eigenvalue weighted by molar-refractivity contribution is 5.88. The Hall–Kier alpha value is -2.46. The van der Waals surface area contributed by atoms with Gasteiger partial charge in [0, 0.05) is 24.7 Å². The number of benzene rings is 1. The highest BCUT2D eigenvalue weighted by Crippen LogP contribution is 2.12. The number of pyridine rings is 1. The van der Waals surface area contributed by atoms with Gasteiger partial charge in [0.25, 0.3) is 0 Å². The van der Waals surface area contributed by atoms with E-state index >= 15 is 0 Å². The Morgan fingerprint density at radius 1 is 1.10 bits per heavy atom. The number of hydrogen-bond acceptors (Lipinski definition) is 2. The van der Waals surface area contributed by atoms with Crippen molar-refractivity contribution in [1.29, 1.82) is 0 Å². The standard InChI is InChI=1S/C17H19N3O/c1-14(21)19-17-6-4-15(5-7-17)2-3-16-8-11-20(12-9-16)13-10-18/h2-9,11-12H,10,13,18H2,1H3/p+1. The van der Waals surface area contributed by atoms with Crippen molar-refractivity contribution in [2.24, 2.45) is 5.73 Å². The van der Waals surface area contributed by atoms with E-state index in [9.17, 15) is 4.79 Å². The Morgan fingerprint density at radius 3 is 2.19 bits per heavy atom. The predicted octanol–water partition coefficient (Wildman–Crippen LogP) is 2.06. The van der Waals surface area contributed by atoms with Gasteiger partial charge in [0.15, 0.2) is 18.9 Å². The number of carbonyl (C=O) groups is 1. The summed E-state index contributed by atoms with van der Waals surface area (Å²) in [6.07, 6.45) is 8.14. The summed E-state index contributed by atoms with van der Waals surface area (Å²) in [6.45, 7) is 2.97. The molecule has 2 aromatic rings. The van der Waals surface area contributed by atoms with Gasteiger partial charge in [-0.1, -0.05) is 24.3 Å². The van der Waals surface area contributed by atoms with Gasteiger partial charge >= 0.3 is 0 Å². The molecule has 0 unspecified atom stereocenters. The van der Waals surface area contributed by atoms with Crippen LogP contribution >= 0.6 is 0 Å². The molecule has 3 N–H and O–H groups in total. The molecule has 1 aromatic heterocycles. The molecule has 0 fully saturated rings. The Morgan fingerprint density at radius 2 is 1.67 bits per heavy atom. The quantitative estimate of drug-likeness (QED) is 0.825. The maximum Gasteiger partial charge on any atom is 0.221 e. The molecule has 0 bridgehead atoms. The van der Waals surface area contributed by atoms with Crippen LogP contribution < -0.4 is 15.6 Å². The summed E-state index contributed by atoms with van der Waals surface area (Å²) >= 11 is 0. The lowest BCUT2D eigenvalue weighted by molar-refractivity contribution is -0.694. The number of hydrogen-bond donors (Lipinski definition) is 2. The van der Waals surface area contributed by atoms with Crippen molar-refractivity contribution in [3.05, 3.63) is 59.9 Å². The molecule has 21 heavy (non-hydrogen) atoms. The van der Waals surface area contributed by atoms with Crippen LogP contribution in [0.2, 0.25) is 0 Å². The number of nitrogens with two attached hydrogens (primary N) is 1. The van der Waals surface area contributed by atoms with Gasteiger partial charge in [-0.15, -0.1) is 0 Å². The van der Waals surface area contributed by atoms with Gasteiger partial charge in [-0.3, -0.25) is 4.79 Å². The molecule has 4 nitrogen and oxygen atoms in total. The monoisotopic (exact) mass is 282 g/mol. The van der Waals surface area contributed by atoms with E-state index < -0.39 is 0 Å². The van der Waals surface area contributed by atoms with Gasteiger partial charge in [0.2, 0.25) is 5.91 Å². The molecule has 108 valence electrons. The van der Waals surface area contributed by atoms with Gasteiger partial charge in [0.1, 0.15) is 0 Å². The van der Waals surface area contributed by atoms with E-state index in [0.29, 0.717) is 6.54 Å². The molecular weight excluding hydrogens is 262 g/mol. The number of amides is 1. The average molecular weight is 282 g/mol. The fourth-order valence-electron chi connectivity index (χ4n) is 1.95. The van der Waals surface area contributed by atoms with Crippen LogP contribution in [0.4, 0.5) is 5.69 Å². The van der Waals surface area contributed by atoms with Crippen molar-refractivity contribution in [3.8, 4) is 0 Å². The molecule has 0 aliphatic carbocycles. The maximum atomic E-state index is 10.9. The van der Waals surface area contributed by atoms with Crippen molar-refractivity contribution < 1.29 is 9.36 Å². The fourth-order valence-corrected chi connectivity index (χ4v) is 1.95. The maximum absolute atomic E-state index is 10.9. The fraction of sp³-hybridized carbons (Fsp3) is 0.176. The summed E-state index contributed by atoms with van der Waals surface area (Å²) in [5, 5.41) is 2.75. The van der Waals surface area contributed by atoms with Crippen LogP contribution in [-0.2, 0) is 11.3 Å². The van der Waals surface area contributed by atoms with E-state index in [0.717, 1.165) is 23.4 Å². The van der Waals surface area contributed by atoms with Crippen LogP contribution in [0.1, 0.15) is 18.1 Å². The lowest BCUT2D eigenvalue weighted by Crippen LogP contribution is -2.36. The zero-order chi connectivity index (χ0) is 15.1. The van der Waals surface area contributed by atoms with Crippen molar-refractivity contribution in [2.45, 2.75) is 13.5 Å². The predicted molar refractivity (Wildman–Crippen MR) is 85.4 cm³/mol. The second-order valence-corrected chi connectivity index (χ2v) is 4.79. The minimum atomic E-state index is -0.0617. The topological polar surface area (TPSA) is 59.0 Å². The van der Waals surface area contributed by atoms with Gasteiger partial charge in [-0.05, 0) is 23.3 Å². The first-order chi connectivity index (χ1) is 10.2. The minimum Gasteiger partial charge on any atom is -0.326 e. The first kappa shape index (κ1) is 14.9. The van der Waals surface area contributed by atoms with E-state index in [1.165, 1.54) is 6.92 Å². The molecule has 0 aliphatic rings. The summed E-state index contributed by atoms with van der Waals surface area (Å²) in [4.78, 5) is 10.9.